The Balaban J connectivity index is 4.20. The number of nitrogens with zero attached hydrogens (tertiary/aromatic N) is 3. The second kappa shape index (κ2) is 7.62. The fraction of sp³-hybridized carbons (Fsp3) is 0.667. The van der Waals surface area contributed by atoms with Gasteiger partial charge in [-0.15, -0.1) is 0 Å². The van der Waals surface area contributed by atoms with Crippen LogP contribution in [-0.4, -0.2) is 23.4 Å². The average Bonchev–Trinajstić information content (AvgIpc) is 2.28. The first-order valence-electron chi connectivity index (χ1n) is 4.77. The molecule has 0 aliphatic heterocycles. The molecular weight excluding hydrogens is 196 g/mol. The molecule has 0 rings (SSSR count). The van der Waals surface area contributed by atoms with Gasteiger partial charge in [0.15, 0.2) is 0 Å². The van der Waals surface area contributed by atoms with Crippen LogP contribution < -0.4 is 5.73 Å². The van der Waals surface area contributed by atoms with E-state index in [-0.39, 0.29) is 11.5 Å². The van der Waals surface area contributed by atoms with Crippen molar-refractivity contribution in [2.75, 3.05) is 6.61 Å². The minimum Gasteiger partial charge on any atom is -0.409 e. The molecular formula is C9H16N4O2. The third-order valence-corrected chi connectivity index (χ3v) is 2.08. The van der Waals surface area contributed by atoms with Crippen LogP contribution in [0.3, 0.4) is 0 Å². The lowest BCUT2D eigenvalue weighted by molar-refractivity contribution is 0.104. The Bertz CT molecular complexity index is 276. The summed E-state index contributed by atoms with van der Waals surface area (Å²) in [5.41, 5.74) is 4.96. The molecule has 6 heteroatoms. The fourth-order valence-electron chi connectivity index (χ4n) is 0.903. The van der Waals surface area contributed by atoms with Crippen molar-refractivity contribution in [1.82, 2.24) is 0 Å². The number of nitrogens with two attached hydrogens (primary N) is 1. The second-order valence-corrected chi connectivity index (χ2v) is 3.02. The lowest BCUT2D eigenvalue weighted by atomic mass is 10.1. The van der Waals surface area contributed by atoms with Crippen molar-refractivity contribution in [3.63, 3.8) is 0 Å². The highest BCUT2D eigenvalue weighted by molar-refractivity contribution is 6.46. The number of amidine groups is 1. The molecule has 0 saturated carbocycles. The van der Waals surface area contributed by atoms with Crippen molar-refractivity contribution in [3.8, 4) is 6.07 Å². The maximum atomic E-state index is 8.57. The highest BCUT2D eigenvalue weighted by atomic mass is 16.6. The van der Waals surface area contributed by atoms with Gasteiger partial charge in [0.2, 0.25) is 11.5 Å². The van der Waals surface area contributed by atoms with Gasteiger partial charge in [0.05, 0.1) is 0 Å². The van der Waals surface area contributed by atoms with Crippen LogP contribution in [0.1, 0.15) is 26.7 Å². The molecule has 0 spiro atoms. The molecule has 0 bridgehead atoms. The van der Waals surface area contributed by atoms with E-state index in [4.69, 9.17) is 21.0 Å². The summed E-state index contributed by atoms with van der Waals surface area (Å²) in [7, 11) is 0. The van der Waals surface area contributed by atoms with Gasteiger partial charge in [-0.25, -0.2) is 0 Å². The molecule has 0 unspecified atom stereocenters. The predicted octanol–water partition coefficient (Wildman–Crippen LogP) is 1.07. The molecule has 0 atom stereocenters. The van der Waals surface area contributed by atoms with E-state index in [0.29, 0.717) is 12.5 Å². The van der Waals surface area contributed by atoms with Crippen molar-refractivity contribution >= 4 is 11.5 Å². The maximum absolute atomic E-state index is 8.57. The first kappa shape index (κ1) is 13.2. The molecule has 84 valence electrons. The third kappa shape index (κ3) is 4.86. The first-order chi connectivity index (χ1) is 7.19. The van der Waals surface area contributed by atoms with Crippen molar-refractivity contribution < 1.29 is 10.0 Å². The van der Waals surface area contributed by atoms with Crippen LogP contribution in [0.2, 0.25) is 0 Å². The summed E-state index contributed by atoms with van der Waals surface area (Å²) >= 11 is 0. The monoisotopic (exact) mass is 212 g/mol. The molecule has 0 aromatic heterocycles. The lowest BCUT2D eigenvalue weighted by Gasteiger charge is -2.09. The number of nitriles is 1. The molecule has 0 aromatic rings. The summed E-state index contributed by atoms with van der Waals surface area (Å²) in [4.78, 5) is 4.95. The molecule has 6 nitrogen and oxygen atoms in total. The van der Waals surface area contributed by atoms with Crippen LogP contribution in [0.4, 0.5) is 0 Å². The van der Waals surface area contributed by atoms with Crippen LogP contribution >= 0.6 is 0 Å². The van der Waals surface area contributed by atoms with E-state index in [1.165, 1.54) is 0 Å². The zero-order chi connectivity index (χ0) is 11.7. The highest BCUT2D eigenvalue weighted by Gasteiger charge is 2.07. The minimum absolute atomic E-state index is 0.219. The van der Waals surface area contributed by atoms with Crippen molar-refractivity contribution in [2.45, 2.75) is 26.7 Å². The quantitative estimate of drug-likeness (QED) is 0.297. The fourth-order valence-corrected chi connectivity index (χ4v) is 0.903. The summed E-state index contributed by atoms with van der Waals surface area (Å²) in [5.74, 6) is 0.0584. The summed E-state index contributed by atoms with van der Waals surface area (Å²) in [6.07, 6.45) is 1.97. The summed E-state index contributed by atoms with van der Waals surface area (Å²) in [6.45, 7) is 4.53. The maximum Gasteiger partial charge on any atom is 0.224 e. The predicted molar refractivity (Wildman–Crippen MR) is 56.5 cm³/mol. The van der Waals surface area contributed by atoms with Gasteiger partial charge in [-0.3, -0.25) is 0 Å². The summed E-state index contributed by atoms with van der Waals surface area (Å²) < 4.78 is 0. The van der Waals surface area contributed by atoms with Crippen LogP contribution in [0.25, 0.3) is 0 Å². The number of oxime groups is 2. The molecule has 0 fully saturated rings. The molecule has 0 aromatic carbocycles. The molecule has 15 heavy (non-hydrogen) atoms. The highest BCUT2D eigenvalue weighted by Crippen LogP contribution is 2.07. The second-order valence-electron chi connectivity index (χ2n) is 3.02. The van der Waals surface area contributed by atoms with E-state index in [1.807, 2.05) is 0 Å². The van der Waals surface area contributed by atoms with Gasteiger partial charge in [0, 0.05) is 0 Å². The molecule has 3 N–H and O–H groups in total. The average molecular weight is 212 g/mol. The topological polar surface area (TPSA) is 104 Å². The largest absolute Gasteiger partial charge is 0.409 e. The lowest BCUT2D eigenvalue weighted by Crippen LogP contribution is -2.23. The first-order valence-corrected chi connectivity index (χ1v) is 4.77. The Labute approximate surface area is 89.0 Å². The number of hydrogen-bond acceptors (Lipinski definition) is 5. The van der Waals surface area contributed by atoms with Crippen molar-refractivity contribution in [3.05, 3.63) is 0 Å². The number of rotatable bonds is 6. The van der Waals surface area contributed by atoms with Gasteiger partial charge in [0.1, 0.15) is 12.7 Å². The zero-order valence-electron chi connectivity index (χ0n) is 8.97. The van der Waals surface area contributed by atoms with Gasteiger partial charge >= 0.3 is 0 Å². The molecule has 0 radical (unpaired) electrons. The van der Waals surface area contributed by atoms with E-state index in [2.05, 4.69) is 24.2 Å². The van der Waals surface area contributed by atoms with Crippen LogP contribution in [0.5, 0.6) is 0 Å². The number of hydrogen-bond donors (Lipinski definition) is 2. The third-order valence-electron chi connectivity index (χ3n) is 2.08. The van der Waals surface area contributed by atoms with E-state index < -0.39 is 0 Å². The standard InChI is InChI=1S/C9H16N4O2/c1-3-7(4-2)6-15-13-8(5-10)9(11)12-14/h7,14H,3-4,6H2,1-2H3,(H2,11,12)/b13-8-. The Morgan fingerprint density at radius 1 is 1.53 bits per heavy atom. The van der Waals surface area contributed by atoms with Crippen molar-refractivity contribution in [1.29, 1.82) is 5.26 Å². The van der Waals surface area contributed by atoms with Gasteiger partial charge in [-0.1, -0.05) is 24.2 Å². The Kier molecular flexibility index (Phi) is 6.72. The van der Waals surface area contributed by atoms with Gasteiger partial charge < -0.3 is 15.8 Å². The Morgan fingerprint density at radius 3 is 2.53 bits per heavy atom. The van der Waals surface area contributed by atoms with E-state index in [9.17, 15) is 0 Å². The van der Waals surface area contributed by atoms with Gasteiger partial charge in [-0.05, 0) is 18.8 Å². The normalized spacial score (nSPS) is 12.7. The smallest absolute Gasteiger partial charge is 0.224 e. The van der Waals surface area contributed by atoms with E-state index >= 15 is 0 Å². The van der Waals surface area contributed by atoms with Gasteiger partial charge in [0.25, 0.3) is 0 Å². The SMILES string of the molecule is CCC(CC)CO/N=C(C#N)\C(N)=N/O. The van der Waals surface area contributed by atoms with Crippen LogP contribution in [0, 0.1) is 17.2 Å². The van der Waals surface area contributed by atoms with Crippen molar-refractivity contribution in [2.24, 2.45) is 22.0 Å². The molecule has 0 amide bonds. The van der Waals surface area contributed by atoms with Crippen LogP contribution in [0.15, 0.2) is 10.3 Å². The van der Waals surface area contributed by atoms with Gasteiger partial charge in [-0.2, -0.15) is 5.26 Å². The molecule has 0 aliphatic rings. The molecule has 0 aliphatic carbocycles. The molecule has 0 saturated heterocycles. The van der Waals surface area contributed by atoms with E-state index in [1.54, 1.807) is 6.07 Å². The molecule has 0 heterocycles. The minimum atomic E-state index is -0.345. The Morgan fingerprint density at radius 2 is 2.13 bits per heavy atom. The van der Waals surface area contributed by atoms with Crippen LogP contribution in [-0.2, 0) is 4.84 Å². The summed E-state index contributed by atoms with van der Waals surface area (Å²) in [5, 5.41) is 23.0. The zero-order valence-corrected chi connectivity index (χ0v) is 8.97. The van der Waals surface area contributed by atoms with E-state index in [0.717, 1.165) is 12.8 Å². The Hall–Kier alpha value is -1.77. The summed E-state index contributed by atoms with van der Waals surface area (Å²) in [6, 6.07) is 1.67.